The molecule has 0 aliphatic carbocycles. The number of nitrogen functional groups attached to an aromatic ring is 1. The lowest BCUT2D eigenvalue weighted by Crippen LogP contribution is -2.07. The third-order valence-corrected chi connectivity index (χ3v) is 2.05. The monoisotopic (exact) mass is 228 g/mol. The largest absolute Gasteiger partial charge is 0.437 e. The summed E-state index contributed by atoms with van der Waals surface area (Å²) in [4.78, 5) is 0. The van der Waals surface area contributed by atoms with Crippen molar-refractivity contribution in [2.75, 3.05) is 5.73 Å². The normalized spacial score (nSPS) is 11.7. The third kappa shape index (κ3) is 1.73. The number of benzene rings is 1. The highest BCUT2D eigenvalue weighted by Gasteiger charge is 2.39. The number of hydrogen-bond donors (Lipinski definition) is 1. The average molecular weight is 228 g/mol. The first-order valence-corrected chi connectivity index (χ1v) is 4.38. The van der Waals surface area contributed by atoms with Crippen LogP contribution in [0.1, 0.15) is 5.69 Å². The van der Waals surface area contributed by atoms with E-state index < -0.39 is 11.9 Å². The van der Waals surface area contributed by atoms with Crippen molar-refractivity contribution in [1.29, 1.82) is 0 Å². The van der Waals surface area contributed by atoms with E-state index in [9.17, 15) is 13.2 Å². The molecule has 3 nitrogen and oxygen atoms in total. The lowest BCUT2D eigenvalue weighted by molar-refractivity contribution is -0.142. The summed E-state index contributed by atoms with van der Waals surface area (Å²) in [6.45, 7) is 0. The van der Waals surface area contributed by atoms with E-state index in [4.69, 9.17) is 5.73 Å². The molecule has 2 rings (SSSR count). The van der Waals surface area contributed by atoms with E-state index in [1.807, 2.05) is 0 Å². The van der Waals surface area contributed by atoms with E-state index in [2.05, 4.69) is 9.68 Å². The number of anilines is 1. The topological polar surface area (TPSA) is 52.0 Å². The number of nitrogens with zero attached hydrogens (tertiary/aromatic N) is 1. The molecule has 0 aliphatic heterocycles. The first-order valence-electron chi connectivity index (χ1n) is 4.38. The lowest BCUT2D eigenvalue weighted by Gasteiger charge is -2.05. The van der Waals surface area contributed by atoms with Gasteiger partial charge >= 0.3 is 6.18 Å². The second kappa shape index (κ2) is 3.55. The molecule has 6 heteroatoms. The zero-order chi connectivity index (χ0) is 11.8. The molecule has 2 N–H and O–H groups in total. The lowest BCUT2D eigenvalue weighted by atomic mass is 10.1. The number of alkyl halides is 3. The molecule has 0 fully saturated rings. The Morgan fingerprint density at radius 2 is 1.75 bits per heavy atom. The summed E-state index contributed by atoms with van der Waals surface area (Å²) in [6.07, 6.45) is -4.58. The van der Waals surface area contributed by atoms with Crippen molar-refractivity contribution in [2.45, 2.75) is 6.18 Å². The van der Waals surface area contributed by atoms with Crippen LogP contribution in [0.4, 0.5) is 19.1 Å². The van der Waals surface area contributed by atoms with Crippen molar-refractivity contribution in [3.8, 4) is 11.1 Å². The summed E-state index contributed by atoms with van der Waals surface area (Å²) in [7, 11) is 0. The molecule has 0 atom stereocenters. The van der Waals surface area contributed by atoms with Gasteiger partial charge in [-0.1, -0.05) is 35.5 Å². The number of aromatic nitrogens is 1. The predicted molar refractivity (Wildman–Crippen MR) is 51.4 cm³/mol. The molecule has 16 heavy (non-hydrogen) atoms. The first kappa shape index (κ1) is 10.5. The number of rotatable bonds is 1. The predicted octanol–water partition coefficient (Wildman–Crippen LogP) is 2.94. The maximum Gasteiger partial charge on any atom is 0.437 e. The number of hydrogen-bond acceptors (Lipinski definition) is 3. The van der Waals surface area contributed by atoms with Gasteiger partial charge in [0.1, 0.15) is 0 Å². The van der Waals surface area contributed by atoms with Crippen LogP contribution in [0.15, 0.2) is 34.9 Å². The highest BCUT2D eigenvalue weighted by molar-refractivity contribution is 5.75. The van der Waals surface area contributed by atoms with E-state index in [0.717, 1.165) is 0 Å². The zero-order valence-corrected chi connectivity index (χ0v) is 7.95. The Hall–Kier alpha value is -1.98. The standard InChI is InChI=1S/C10H7F3N2O/c11-10(12,13)8-7(9(14)16-15-8)6-4-2-1-3-5-6/h1-5H,14H2. The molecule has 0 amide bonds. The molecule has 0 saturated heterocycles. The van der Waals surface area contributed by atoms with Crippen molar-refractivity contribution >= 4 is 5.88 Å². The van der Waals surface area contributed by atoms with Gasteiger partial charge in [0.25, 0.3) is 0 Å². The van der Waals surface area contributed by atoms with Gasteiger partial charge in [-0.2, -0.15) is 13.2 Å². The Morgan fingerprint density at radius 3 is 2.31 bits per heavy atom. The molecular formula is C10H7F3N2O. The molecule has 0 spiro atoms. The van der Waals surface area contributed by atoms with Gasteiger partial charge in [0.15, 0.2) is 5.69 Å². The Kier molecular flexibility index (Phi) is 2.34. The van der Waals surface area contributed by atoms with Crippen LogP contribution in [0.5, 0.6) is 0 Å². The zero-order valence-electron chi connectivity index (χ0n) is 7.95. The first-order chi connectivity index (χ1) is 7.50. The van der Waals surface area contributed by atoms with E-state index in [1.165, 1.54) is 12.1 Å². The van der Waals surface area contributed by atoms with Gasteiger partial charge < -0.3 is 10.3 Å². The van der Waals surface area contributed by atoms with Crippen LogP contribution in [0, 0.1) is 0 Å². The van der Waals surface area contributed by atoms with Crippen LogP contribution >= 0.6 is 0 Å². The van der Waals surface area contributed by atoms with Crippen LogP contribution in [0.3, 0.4) is 0 Å². The van der Waals surface area contributed by atoms with Crippen molar-refractivity contribution in [2.24, 2.45) is 0 Å². The summed E-state index contributed by atoms with van der Waals surface area (Å²) in [5.41, 5.74) is 4.35. The molecule has 1 aromatic heterocycles. The highest BCUT2D eigenvalue weighted by atomic mass is 19.4. The van der Waals surface area contributed by atoms with Crippen LogP contribution in [-0.2, 0) is 6.18 Å². The summed E-state index contributed by atoms with van der Waals surface area (Å²) in [5, 5.41) is 2.94. The Morgan fingerprint density at radius 1 is 1.12 bits per heavy atom. The molecule has 2 aromatic rings. The Balaban J connectivity index is 2.61. The second-order valence-corrected chi connectivity index (χ2v) is 3.13. The Labute approximate surface area is 88.7 Å². The molecule has 0 aliphatic rings. The summed E-state index contributed by atoms with van der Waals surface area (Å²) >= 11 is 0. The van der Waals surface area contributed by atoms with Gasteiger partial charge in [-0.15, -0.1) is 0 Å². The maximum absolute atomic E-state index is 12.6. The molecule has 0 radical (unpaired) electrons. The van der Waals surface area contributed by atoms with Gasteiger partial charge in [-0.3, -0.25) is 0 Å². The number of halogens is 3. The minimum Gasteiger partial charge on any atom is -0.367 e. The molecule has 84 valence electrons. The van der Waals surface area contributed by atoms with Crippen LogP contribution < -0.4 is 5.73 Å². The molecular weight excluding hydrogens is 221 g/mol. The van der Waals surface area contributed by atoms with Crippen molar-refractivity contribution in [1.82, 2.24) is 5.16 Å². The van der Waals surface area contributed by atoms with Crippen LogP contribution in [0.2, 0.25) is 0 Å². The van der Waals surface area contributed by atoms with Crippen molar-refractivity contribution in [3.05, 3.63) is 36.0 Å². The molecule has 0 unspecified atom stereocenters. The van der Waals surface area contributed by atoms with Crippen LogP contribution in [-0.4, -0.2) is 5.16 Å². The SMILES string of the molecule is Nc1onc(C(F)(F)F)c1-c1ccccc1. The minimum absolute atomic E-state index is 0.215. The fraction of sp³-hybridized carbons (Fsp3) is 0.100. The van der Waals surface area contributed by atoms with Crippen molar-refractivity contribution < 1.29 is 17.7 Å². The van der Waals surface area contributed by atoms with Gasteiger partial charge in [-0.25, -0.2) is 0 Å². The average Bonchev–Trinajstić information content (AvgIpc) is 2.61. The smallest absolute Gasteiger partial charge is 0.367 e. The summed E-state index contributed by atoms with van der Waals surface area (Å²) in [5.74, 6) is -0.335. The quantitative estimate of drug-likeness (QED) is 0.816. The van der Waals surface area contributed by atoms with Crippen molar-refractivity contribution in [3.63, 3.8) is 0 Å². The third-order valence-electron chi connectivity index (χ3n) is 2.05. The fourth-order valence-electron chi connectivity index (χ4n) is 1.38. The summed E-state index contributed by atoms with van der Waals surface area (Å²) < 4.78 is 42.1. The van der Waals surface area contributed by atoms with E-state index >= 15 is 0 Å². The van der Waals surface area contributed by atoms with Crippen LogP contribution in [0.25, 0.3) is 11.1 Å². The Bertz CT molecular complexity index is 491. The van der Waals surface area contributed by atoms with Gasteiger partial charge in [0.2, 0.25) is 5.88 Å². The van der Waals surface area contributed by atoms with Gasteiger partial charge in [0.05, 0.1) is 5.56 Å². The van der Waals surface area contributed by atoms with E-state index in [1.54, 1.807) is 18.2 Å². The van der Waals surface area contributed by atoms with E-state index in [0.29, 0.717) is 5.56 Å². The maximum atomic E-state index is 12.6. The fourth-order valence-corrected chi connectivity index (χ4v) is 1.38. The molecule has 1 aromatic carbocycles. The number of nitrogens with two attached hydrogens (primary N) is 1. The van der Waals surface area contributed by atoms with Gasteiger partial charge in [0, 0.05) is 0 Å². The molecule has 0 bridgehead atoms. The highest BCUT2D eigenvalue weighted by Crippen LogP contribution is 2.39. The van der Waals surface area contributed by atoms with Gasteiger partial charge in [-0.05, 0) is 5.56 Å². The van der Waals surface area contributed by atoms with E-state index in [-0.39, 0.29) is 11.4 Å². The minimum atomic E-state index is -4.58. The molecule has 0 saturated carbocycles. The summed E-state index contributed by atoms with van der Waals surface area (Å²) in [6, 6.07) is 7.95. The molecule has 1 heterocycles. The second-order valence-electron chi connectivity index (χ2n) is 3.13.